The predicted octanol–water partition coefficient (Wildman–Crippen LogP) is 3.20. The Morgan fingerprint density at radius 2 is 1.71 bits per heavy atom. The molecule has 1 fully saturated rings. The number of rotatable bonds is 6. The van der Waals surface area contributed by atoms with Crippen molar-refractivity contribution in [2.24, 2.45) is 0 Å². The van der Waals surface area contributed by atoms with Crippen molar-refractivity contribution >= 4 is 17.4 Å². The third kappa shape index (κ3) is 3.97. The first kappa shape index (κ1) is 19.8. The quantitative estimate of drug-likeness (QED) is 0.474. The predicted molar refractivity (Wildman–Crippen MR) is 105 cm³/mol. The summed E-state index contributed by atoms with van der Waals surface area (Å²) in [6.45, 7) is 1.11. The monoisotopic (exact) mass is 382 g/mol. The number of hydrogen-bond acceptors (Lipinski definition) is 4. The highest BCUT2D eigenvalue weighted by Crippen LogP contribution is 2.39. The number of ketones is 1. The van der Waals surface area contributed by atoms with Gasteiger partial charge in [0.1, 0.15) is 11.6 Å². The summed E-state index contributed by atoms with van der Waals surface area (Å²) < 4.78 is 13.4. The van der Waals surface area contributed by atoms with Crippen LogP contribution in [-0.2, 0) is 9.59 Å². The molecule has 2 aromatic carbocycles. The van der Waals surface area contributed by atoms with Crippen molar-refractivity contribution in [2.75, 3.05) is 27.2 Å². The molecule has 6 heteroatoms. The molecule has 1 aliphatic rings. The molecule has 1 atom stereocenters. The van der Waals surface area contributed by atoms with E-state index in [2.05, 4.69) is 0 Å². The highest BCUT2D eigenvalue weighted by atomic mass is 19.1. The molecule has 2 aromatic rings. The number of aliphatic hydroxyl groups excluding tert-OH is 1. The molecule has 28 heavy (non-hydrogen) atoms. The fourth-order valence-corrected chi connectivity index (χ4v) is 3.41. The molecular weight excluding hydrogens is 359 g/mol. The van der Waals surface area contributed by atoms with Gasteiger partial charge in [-0.25, -0.2) is 4.39 Å². The molecule has 1 heterocycles. The van der Waals surface area contributed by atoms with Crippen molar-refractivity contribution in [3.05, 3.63) is 77.1 Å². The average molecular weight is 382 g/mol. The van der Waals surface area contributed by atoms with Crippen molar-refractivity contribution in [1.29, 1.82) is 0 Å². The van der Waals surface area contributed by atoms with E-state index in [1.54, 1.807) is 42.5 Å². The van der Waals surface area contributed by atoms with E-state index in [4.69, 9.17) is 0 Å². The van der Waals surface area contributed by atoms with E-state index >= 15 is 0 Å². The molecule has 0 aliphatic carbocycles. The van der Waals surface area contributed by atoms with Crippen LogP contribution in [0.1, 0.15) is 23.6 Å². The van der Waals surface area contributed by atoms with Crippen LogP contribution in [0.2, 0.25) is 0 Å². The minimum atomic E-state index is -0.747. The number of halogens is 1. The molecular formula is C22H23FN2O3. The van der Waals surface area contributed by atoms with Crippen LogP contribution in [0, 0.1) is 5.82 Å². The standard InChI is InChI=1S/C22H23FN2O3/c1-24(2)13-6-14-25-19(15-9-11-17(23)12-10-15)18(21(27)22(25)28)20(26)16-7-4-3-5-8-16/h3-5,7-12,19,26H,6,13-14H2,1-2H3. The number of nitrogens with zero attached hydrogens (tertiary/aromatic N) is 2. The normalized spacial score (nSPS) is 18.9. The zero-order valence-corrected chi connectivity index (χ0v) is 15.9. The van der Waals surface area contributed by atoms with E-state index in [0.29, 0.717) is 24.1 Å². The van der Waals surface area contributed by atoms with Crippen molar-refractivity contribution in [3.8, 4) is 0 Å². The van der Waals surface area contributed by atoms with Gasteiger partial charge in [0.05, 0.1) is 11.6 Å². The lowest BCUT2D eigenvalue weighted by Crippen LogP contribution is -2.32. The topological polar surface area (TPSA) is 60.9 Å². The first-order valence-electron chi connectivity index (χ1n) is 9.14. The van der Waals surface area contributed by atoms with Gasteiger partial charge in [-0.15, -0.1) is 0 Å². The molecule has 5 nitrogen and oxygen atoms in total. The van der Waals surface area contributed by atoms with Crippen LogP contribution in [-0.4, -0.2) is 53.8 Å². The summed E-state index contributed by atoms with van der Waals surface area (Å²) >= 11 is 0. The highest BCUT2D eigenvalue weighted by molar-refractivity contribution is 6.46. The Kier molecular flexibility index (Phi) is 5.90. The Bertz CT molecular complexity index is 892. The van der Waals surface area contributed by atoms with Crippen LogP contribution in [0.5, 0.6) is 0 Å². The number of Topliss-reactive ketones (excluding diaryl/α,β-unsaturated/α-hetero) is 1. The maximum Gasteiger partial charge on any atom is 0.295 e. The van der Waals surface area contributed by atoms with Crippen LogP contribution in [0.4, 0.5) is 4.39 Å². The lowest BCUT2D eigenvalue weighted by Gasteiger charge is -2.26. The molecule has 1 saturated heterocycles. The Morgan fingerprint density at radius 3 is 2.32 bits per heavy atom. The third-order valence-corrected chi connectivity index (χ3v) is 4.78. The first-order valence-corrected chi connectivity index (χ1v) is 9.14. The minimum Gasteiger partial charge on any atom is -0.507 e. The van der Waals surface area contributed by atoms with Gasteiger partial charge in [0, 0.05) is 12.1 Å². The number of likely N-dealkylation sites (tertiary alicyclic amines) is 1. The number of carbonyl (C=O) groups is 2. The van der Waals surface area contributed by atoms with Gasteiger partial charge in [-0.3, -0.25) is 9.59 Å². The molecule has 0 saturated carbocycles. The van der Waals surface area contributed by atoms with Crippen LogP contribution in [0.25, 0.3) is 5.76 Å². The molecule has 0 bridgehead atoms. The largest absolute Gasteiger partial charge is 0.507 e. The van der Waals surface area contributed by atoms with Crippen molar-refractivity contribution < 1.29 is 19.1 Å². The maximum absolute atomic E-state index is 13.4. The Balaban J connectivity index is 2.07. The van der Waals surface area contributed by atoms with Gasteiger partial charge in [0.2, 0.25) is 0 Å². The molecule has 1 amide bonds. The van der Waals surface area contributed by atoms with Crippen LogP contribution < -0.4 is 0 Å². The number of carbonyl (C=O) groups excluding carboxylic acids is 2. The number of aliphatic hydroxyl groups is 1. The minimum absolute atomic E-state index is 0.0349. The molecule has 1 N–H and O–H groups in total. The van der Waals surface area contributed by atoms with Crippen LogP contribution >= 0.6 is 0 Å². The molecule has 3 rings (SSSR count). The van der Waals surface area contributed by atoms with Crippen molar-refractivity contribution in [2.45, 2.75) is 12.5 Å². The number of benzene rings is 2. The third-order valence-electron chi connectivity index (χ3n) is 4.78. The van der Waals surface area contributed by atoms with E-state index in [-0.39, 0.29) is 11.3 Å². The highest BCUT2D eigenvalue weighted by Gasteiger charge is 2.45. The summed E-state index contributed by atoms with van der Waals surface area (Å²) in [6.07, 6.45) is 0.670. The fourth-order valence-electron chi connectivity index (χ4n) is 3.41. The average Bonchev–Trinajstić information content (AvgIpc) is 2.93. The summed E-state index contributed by atoms with van der Waals surface area (Å²) in [4.78, 5) is 29.0. The van der Waals surface area contributed by atoms with Gasteiger partial charge in [-0.05, 0) is 44.8 Å². The van der Waals surface area contributed by atoms with E-state index in [9.17, 15) is 19.1 Å². The molecule has 1 unspecified atom stereocenters. The van der Waals surface area contributed by atoms with Crippen LogP contribution in [0.15, 0.2) is 60.2 Å². The smallest absolute Gasteiger partial charge is 0.295 e. The lowest BCUT2D eigenvalue weighted by molar-refractivity contribution is -0.139. The summed E-state index contributed by atoms with van der Waals surface area (Å²) in [5.41, 5.74) is 1.08. The lowest BCUT2D eigenvalue weighted by atomic mass is 9.95. The van der Waals surface area contributed by atoms with Crippen molar-refractivity contribution in [3.63, 3.8) is 0 Å². The van der Waals surface area contributed by atoms with E-state index in [1.165, 1.54) is 17.0 Å². The summed E-state index contributed by atoms with van der Waals surface area (Å²) in [7, 11) is 3.86. The van der Waals surface area contributed by atoms with E-state index in [0.717, 1.165) is 6.54 Å². The molecule has 0 aromatic heterocycles. The SMILES string of the molecule is CN(C)CCCN1C(=O)C(=O)C(=C(O)c2ccccc2)C1c1ccc(F)cc1. The van der Waals surface area contributed by atoms with E-state index < -0.39 is 23.5 Å². The Labute approximate surface area is 163 Å². The fraction of sp³-hybridized carbons (Fsp3) is 0.273. The Morgan fingerprint density at radius 1 is 1.07 bits per heavy atom. The number of hydrogen-bond donors (Lipinski definition) is 1. The summed E-state index contributed by atoms with van der Waals surface area (Å²) in [6, 6.07) is 13.6. The zero-order valence-electron chi connectivity index (χ0n) is 15.9. The van der Waals surface area contributed by atoms with Gasteiger partial charge < -0.3 is 14.9 Å². The zero-order chi connectivity index (χ0) is 20.3. The number of amides is 1. The van der Waals surface area contributed by atoms with Gasteiger partial charge in [-0.1, -0.05) is 42.5 Å². The molecule has 0 spiro atoms. The maximum atomic E-state index is 13.4. The molecule has 146 valence electrons. The van der Waals surface area contributed by atoms with Gasteiger partial charge >= 0.3 is 0 Å². The van der Waals surface area contributed by atoms with E-state index in [1.807, 2.05) is 19.0 Å². The summed E-state index contributed by atoms with van der Waals surface area (Å²) in [5.74, 6) is -1.99. The van der Waals surface area contributed by atoms with Crippen molar-refractivity contribution in [1.82, 2.24) is 9.80 Å². The second-order valence-electron chi connectivity index (χ2n) is 7.07. The van der Waals surface area contributed by atoms with Crippen LogP contribution in [0.3, 0.4) is 0 Å². The Hall–Kier alpha value is -2.99. The molecule has 1 aliphatic heterocycles. The second kappa shape index (κ2) is 8.35. The van der Waals surface area contributed by atoms with Gasteiger partial charge in [0.15, 0.2) is 0 Å². The second-order valence-corrected chi connectivity index (χ2v) is 7.07. The first-order chi connectivity index (χ1) is 13.4. The van der Waals surface area contributed by atoms with Gasteiger partial charge in [-0.2, -0.15) is 0 Å². The van der Waals surface area contributed by atoms with Gasteiger partial charge in [0.25, 0.3) is 11.7 Å². The molecule has 0 radical (unpaired) electrons. The summed E-state index contributed by atoms with van der Waals surface area (Å²) in [5, 5.41) is 10.8.